The molecular formula is C45H26N4S2. The Labute approximate surface area is 300 Å². The summed E-state index contributed by atoms with van der Waals surface area (Å²) >= 11 is 3.61. The highest BCUT2D eigenvalue weighted by molar-refractivity contribution is 7.26. The number of nitrogens with zero attached hydrogens (tertiary/aromatic N) is 4. The maximum atomic E-state index is 5.27. The van der Waals surface area contributed by atoms with E-state index in [1.807, 2.05) is 0 Å². The van der Waals surface area contributed by atoms with Crippen LogP contribution in [0.1, 0.15) is 0 Å². The predicted molar refractivity (Wildman–Crippen MR) is 216 cm³/mol. The highest BCUT2D eigenvalue weighted by Gasteiger charge is 2.19. The fourth-order valence-electron chi connectivity index (χ4n) is 7.55. The maximum absolute atomic E-state index is 5.27. The van der Waals surface area contributed by atoms with Gasteiger partial charge >= 0.3 is 0 Å². The average molecular weight is 687 g/mol. The smallest absolute Gasteiger partial charge is 0.164 e. The van der Waals surface area contributed by atoms with Gasteiger partial charge in [-0.25, -0.2) is 15.0 Å². The van der Waals surface area contributed by atoms with E-state index < -0.39 is 0 Å². The summed E-state index contributed by atoms with van der Waals surface area (Å²) in [6, 6.07) is 56.0. The lowest BCUT2D eigenvalue weighted by Crippen LogP contribution is -2.01. The van der Waals surface area contributed by atoms with Crippen LogP contribution in [-0.2, 0) is 0 Å². The zero-order chi connectivity index (χ0) is 33.5. The molecule has 0 bridgehead atoms. The standard InChI is InChI=1S/C45H26N4S2/c1-2-11-29(12-3-1)49-36-17-7-4-13-30(36)31-23-21-27(25-37(31)49)43-46-44(28-22-24-33-32-14-5-8-18-38(32)51-41(33)26-28)48-45(47-43)35-16-10-20-40-42(35)34-15-6-9-19-39(34)50-40/h1-26H. The number of hydrogen-bond donors (Lipinski definition) is 0. The number of fused-ring (bicyclic) bond motifs is 9. The molecule has 0 N–H and O–H groups in total. The molecule has 7 aromatic carbocycles. The normalized spacial score (nSPS) is 11.9. The molecule has 0 unspecified atom stereocenters. The van der Waals surface area contributed by atoms with Gasteiger partial charge in [0, 0.05) is 73.5 Å². The quantitative estimate of drug-likeness (QED) is 0.185. The van der Waals surface area contributed by atoms with E-state index >= 15 is 0 Å². The second-order valence-electron chi connectivity index (χ2n) is 12.8. The molecule has 0 spiro atoms. The van der Waals surface area contributed by atoms with E-state index in [0.29, 0.717) is 17.5 Å². The Bertz CT molecular complexity index is 3150. The second-order valence-corrected chi connectivity index (χ2v) is 15.0. The van der Waals surface area contributed by atoms with Gasteiger partial charge in [-0.05, 0) is 48.5 Å². The van der Waals surface area contributed by atoms with E-state index in [1.165, 1.54) is 56.6 Å². The molecule has 6 heteroatoms. The van der Waals surface area contributed by atoms with E-state index in [9.17, 15) is 0 Å². The van der Waals surface area contributed by atoms with Gasteiger partial charge in [-0.2, -0.15) is 0 Å². The Morgan fingerprint density at radius 1 is 0.373 bits per heavy atom. The van der Waals surface area contributed by atoms with Crippen LogP contribution in [0.25, 0.3) is 102 Å². The van der Waals surface area contributed by atoms with E-state index in [1.54, 1.807) is 22.7 Å². The first-order valence-corrected chi connectivity index (χ1v) is 18.6. The third-order valence-corrected chi connectivity index (χ3v) is 12.1. The van der Waals surface area contributed by atoms with Crippen molar-refractivity contribution in [2.45, 2.75) is 0 Å². The van der Waals surface area contributed by atoms with E-state index in [-0.39, 0.29) is 0 Å². The van der Waals surface area contributed by atoms with Crippen LogP contribution in [-0.4, -0.2) is 19.5 Å². The van der Waals surface area contributed by atoms with Crippen molar-refractivity contribution in [3.05, 3.63) is 158 Å². The Morgan fingerprint density at radius 3 is 1.76 bits per heavy atom. The number of thiophene rings is 2. The van der Waals surface area contributed by atoms with E-state index in [0.717, 1.165) is 27.9 Å². The minimum atomic E-state index is 0.648. The van der Waals surface area contributed by atoms with Crippen molar-refractivity contribution in [2.75, 3.05) is 0 Å². The summed E-state index contributed by atoms with van der Waals surface area (Å²) in [6.45, 7) is 0. The number of rotatable bonds is 4. The van der Waals surface area contributed by atoms with Crippen molar-refractivity contribution < 1.29 is 0 Å². The first-order valence-electron chi connectivity index (χ1n) is 16.9. The third kappa shape index (κ3) is 4.47. The first-order chi connectivity index (χ1) is 25.3. The highest BCUT2D eigenvalue weighted by atomic mass is 32.1. The van der Waals surface area contributed by atoms with E-state index in [2.05, 4.69) is 162 Å². The third-order valence-electron chi connectivity index (χ3n) is 9.86. The molecule has 0 atom stereocenters. The van der Waals surface area contributed by atoms with Crippen molar-refractivity contribution in [3.63, 3.8) is 0 Å². The molecule has 4 aromatic heterocycles. The summed E-state index contributed by atoms with van der Waals surface area (Å²) in [5.74, 6) is 1.98. The molecule has 51 heavy (non-hydrogen) atoms. The molecule has 0 amide bonds. The molecule has 0 saturated heterocycles. The van der Waals surface area contributed by atoms with Crippen LogP contribution in [0.15, 0.2) is 158 Å². The molecule has 0 aliphatic carbocycles. The van der Waals surface area contributed by atoms with Gasteiger partial charge in [-0.1, -0.05) is 109 Å². The Kier molecular flexibility index (Phi) is 6.26. The predicted octanol–water partition coefficient (Wildman–Crippen LogP) is 12.7. The summed E-state index contributed by atoms with van der Waals surface area (Å²) in [5, 5.41) is 7.34. The lowest BCUT2D eigenvalue weighted by molar-refractivity contribution is 1.08. The molecule has 0 fully saturated rings. The molecule has 0 radical (unpaired) electrons. The van der Waals surface area contributed by atoms with Crippen molar-refractivity contribution >= 4 is 84.8 Å². The molecule has 4 nitrogen and oxygen atoms in total. The number of aromatic nitrogens is 4. The van der Waals surface area contributed by atoms with Crippen molar-refractivity contribution in [1.29, 1.82) is 0 Å². The van der Waals surface area contributed by atoms with Gasteiger partial charge in [-0.15, -0.1) is 22.7 Å². The van der Waals surface area contributed by atoms with Gasteiger partial charge < -0.3 is 4.57 Å². The average Bonchev–Trinajstić information content (AvgIpc) is 3.87. The fourth-order valence-corrected chi connectivity index (χ4v) is 9.82. The van der Waals surface area contributed by atoms with Crippen molar-refractivity contribution in [3.8, 4) is 39.9 Å². The zero-order valence-corrected chi connectivity index (χ0v) is 28.7. The van der Waals surface area contributed by atoms with Gasteiger partial charge in [0.05, 0.1) is 11.0 Å². The van der Waals surface area contributed by atoms with E-state index in [4.69, 9.17) is 15.0 Å². The summed E-state index contributed by atoms with van der Waals surface area (Å²) in [4.78, 5) is 15.7. The van der Waals surface area contributed by atoms with Crippen LogP contribution in [0.3, 0.4) is 0 Å². The summed E-state index contributed by atoms with van der Waals surface area (Å²) < 4.78 is 7.31. The Balaban J connectivity index is 1.18. The van der Waals surface area contributed by atoms with Gasteiger partial charge in [0.1, 0.15) is 0 Å². The minimum Gasteiger partial charge on any atom is -0.309 e. The van der Waals surface area contributed by atoms with Crippen molar-refractivity contribution in [2.24, 2.45) is 0 Å². The molecule has 11 aromatic rings. The van der Waals surface area contributed by atoms with Gasteiger partial charge in [0.2, 0.25) is 0 Å². The molecule has 238 valence electrons. The number of hydrogen-bond acceptors (Lipinski definition) is 5. The van der Waals surface area contributed by atoms with Crippen LogP contribution in [0.5, 0.6) is 0 Å². The SMILES string of the molecule is c1ccc(-n2c3ccccc3c3ccc(-c4nc(-c5ccc6c(c5)sc5ccccc56)nc(-c5cccc6sc7ccccc7c56)n4)cc32)cc1. The van der Waals surface area contributed by atoms with Crippen LogP contribution >= 0.6 is 22.7 Å². The molecule has 0 aliphatic heterocycles. The topological polar surface area (TPSA) is 43.6 Å². The molecule has 11 rings (SSSR count). The summed E-state index contributed by atoms with van der Waals surface area (Å²) in [5.41, 5.74) is 6.32. The Morgan fingerprint density at radius 2 is 0.941 bits per heavy atom. The van der Waals surface area contributed by atoms with Crippen LogP contribution in [0, 0.1) is 0 Å². The van der Waals surface area contributed by atoms with Crippen molar-refractivity contribution in [1.82, 2.24) is 19.5 Å². The van der Waals surface area contributed by atoms with Gasteiger partial charge in [0.15, 0.2) is 17.5 Å². The Hall–Kier alpha value is -6.21. The lowest BCUT2D eigenvalue weighted by atomic mass is 10.0. The van der Waals surface area contributed by atoms with Crippen LogP contribution in [0.2, 0.25) is 0 Å². The highest BCUT2D eigenvalue weighted by Crippen LogP contribution is 2.41. The maximum Gasteiger partial charge on any atom is 0.164 e. The zero-order valence-electron chi connectivity index (χ0n) is 27.1. The first kappa shape index (κ1) is 28.6. The minimum absolute atomic E-state index is 0.648. The van der Waals surface area contributed by atoms with Gasteiger partial charge in [0.25, 0.3) is 0 Å². The van der Waals surface area contributed by atoms with Crippen LogP contribution in [0.4, 0.5) is 0 Å². The molecule has 0 saturated carbocycles. The van der Waals surface area contributed by atoms with Gasteiger partial charge in [-0.3, -0.25) is 0 Å². The number of benzene rings is 7. The monoisotopic (exact) mass is 686 g/mol. The van der Waals surface area contributed by atoms with Crippen LogP contribution < -0.4 is 0 Å². The molecular weight excluding hydrogens is 661 g/mol. The molecule has 4 heterocycles. The summed E-state index contributed by atoms with van der Waals surface area (Å²) in [7, 11) is 0. The number of para-hydroxylation sites is 2. The lowest BCUT2D eigenvalue weighted by Gasteiger charge is -2.11. The second kappa shape index (κ2) is 11.2. The largest absolute Gasteiger partial charge is 0.309 e. The molecule has 0 aliphatic rings. The summed E-state index contributed by atoms with van der Waals surface area (Å²) in [6.07, 6.45) is 0. The fraction of sp³-hybridized carbons (Fsp3) is 0.